The average molecular weight is 347 g/mol. The Kier molecular flexibility index (Phi) is 6.88. The molecular weight excluding hydrogens is 326 g/mol. The van der Waals surface area contributed by atoms with Gasteiger partial charge in [0.15, 0.2) is 13.2 Å². The lowest BCUT2D eigenvalue weighted by Crippen LogP contribution is -2.31. The Balaban J connectivity index is 1.67. The molecule has 0 unspecified atom stereocenters. The highest BCUT2D eigenvalue weighted by atomic mass is 16.6. The van der Waals surface area contributed by atoms with Crippen LogP contribution in [0.2, 0.25) is 0 Å². The van der Waals surface area contributed by atoms with Gasteiger partial charge < -0.3 is 23.9 Å². The number of furan rings is 1. The van der Waals surface area contributed by atoms with Gasteiger partial charge in [-0.2, -0.15) is 0 Å². The lowest BCUT2D eigenvalue weighted by Gasteiger charge is -2.12. The summed E-state index contributed by atoms with van der Waals surface area (Å²) in [6, 6.07) is 10.0. The van der Waals surface area contributed by atoms with Gasteiger partial charge in [0.25, 0.3) is 5.91 Å². The van der Waals surface area contributed by atoms with Crippen LogP contribution in [0, 0.1) is 0 Å². The van der Waals surface area contributed by atoms with E-state index in [0.29, 0.717) is 18.1 Å². The van der Waals surface area contributed by atoms with Gasteiger partial charge in [0.1, 0.15) is 17.3 Å². The molecule has 0 saturated carbocycles. The first-order chi connectivity index (χ1) is 12.1. The smallest absolute Gasteiger partial charge is 0.344 e. The highest BCUT2D eigenvalue weighted by molar-refractivity contribution is 5.81. The number of carbonyl (C=O) groups excluding carboxylic acids is 2. The summed E-state index contributed by atoms with van der Waals surface area (Å²) in [4.78, 5) is 23.4. The largest absolute Gasteiger partial charge is 0.494 e. The summed E-state index contributed by atoms with van der Waals surface area (Å²) in [6.45, 7) is 3.58. The molecule has 2 rings (SSSR count). The van der Waals surface area contributed by atoms with E-state index in [0.717, 1.165) is 5.75 Å². The topological polar surface area (TPSA) is 87.0 Å². The molecule has 0 fully saturated rings. The van der Waals surface area contributed by atoms with Crippen molar-refractivity contribution in [2.45, 2.75) is 19.9 Å². The second-order valence-electron chi connectivity index (χ2n) is 5.16. The summed E-state index contributed by atoms with van der Waals surface area (Å²) in [7, 11) is 0. The SMILES string of the molecule is CCOc1ccc(OCC(=O)OCC(=O)N[C@H](C)c2ccco2)cc1. The summed E-state index contributed by atoms with van der Waals surface area (Å²) in [5.74, 6) is 0.808. The molecule has 0 spiro atoms. The molecule has 2 aromatic rings. The minimum absolute atomic E-state index is 0.283. The summed E-state index contributed by atoms with van der Waals surface area (Å²) >= 11 is 0. The third kappa shape index (κ3) is 6.21. The molecule has 25 heavy (non-hydrogen) atoms. The van der Waals surface area contributed by atoms with Crippen LogP contribution >= 0.6 is 0 Å². The highest BCUT2D eigenvalue weighted by Gasteiger charge is 2.13. The zero-order chi connectivity index (χ0) is 18.1. The van der Waals surface area contributed by atoms with Crippen molar-refractivity contribution < 1.29 is 28.2 Å². The third-order valence-electron chi connectivity index (χ3n) is 3.20. The molecule has 1 heterocycles. The Morgan fingerprint density at radius 1 is 1.08 bits per heavy atom. The van der Waals surface area contributed by atoms with E-state index in [-0.39, 0.29) is 19.3 Å². The van der Waals surface area contributed by atoms with Crippen LogP contribution in [0.4, 0.5) is 0 Å². The maximum atomic E-state index is 11.7. The van der Waals surface area contributed by atoms with Crippen LogP contribution < -0.4 is 14.8 Å². The first-order valence-corrected chi connectivity index (χ1v) is 7.92. The van der Waals surface area contributed by atoms with Gasteiger partial charge in [-0.15, -0.1) is 0 Å². The van der Waals surface area contributed by atoms with E-state index in [4.69, 9.17) is 18.6 Å². The van der Waals surface area contributed by atoms with Crippen molar-refractivity contribution in [1.82, 2.24) is 5.32 Å². The van der Waals surface area contributed by atoms with Gasteiger partial charge >= 0.3 is 5.97 Å². The van der Waals surface area contributed by atoms with Crippen molar-refractivity contribution in [3.63, 3.8) is 0 Å². The van der Waals surface area contributed by atoms with E-state index in [1.807, 2.05) is 6.92 Å². The average Bonchev–Trinajstić information content (AvgIpc) is 3.14. The molecule has 0 aliphatic rings. The van der Waals surface area contributed by atoms with E-state index in [1.165, 1.54) is 6.26 Å². The van der Waals surface area contributed by atoms with Crippen LogP contribution in [0.5, 0.6) is 11.5 Å². The Hall–Kier alpha value is -2.96. The second-order valence-corrected chi connectivity index (χ2v) is 5.16. The van der Waals surface area contributed by atoms with Gasteiger partial charge in [0, 0.05) is 0 Å². The van der Waals surface area contributed by atoms with Crippen LogP contribution in [-0.4, -0.2) is 31.7 Å². The van der Waals surface area contributed by atoms with Gasteiger partial charge in [-0.1, -0.05) is 0 Å². The number of carbonyl (C=O) groups is 2. The Labute approximate surface area is 145 Å². The molecule has 1 atom stereocenters. The second kappa shape index (κ2) is 9.36. The summed E-state index contributed by atoms with van der Waals surface area (Å²) in [5, 5.41) is 2.66. The first kappa shape index (κ1) is 18.4. The Morgan fingerprint density at radius 3 is 2.36 bits per heavy atom. The van der Waals surface area contributed by atoms with Gasteiger partial charge in [0.05, 0.1) is 18.9 Å². The van der Waals surface area contributed by atoms with Crippen LogP contribution in [0.1, 0.15) is 25.6 Å². The van der Waals surface area contributed by atoms with Crippen molar-refractivity contribution in [1.29, 1.82) is 0 Å². The summed E-state index contributed by atoms with van der Waals surface area (Å²) in [6.07, 6.45) is 1.52. The van der Waals surface area contributed by atoms with Crippen LogP contribution in [0.25, 0.3) is 0 Å². The standard InChI is InChI=1S/C18H21NO6/c1-3-22-14-6-8-15(9-7-14)24-12-18(21)25-11-17(20)19-13(2)16-5-4-10-23-16/h4-10,13H,3,11-12H2,1-2H3,(H,19,20)/t13-/m1/s1. The van der Waals surface area contributed by atoms with E-state index in [2.05, 4.69) is 5.32 Å². The summed E-state index contributed by atoms with van der Waals surface area (Å²) < 4.78 is 20.7. The fraction of sp³-hybridized carbons (Fsp3) is 0.333. The third-order valence-corrected chi connectivity index (χ3v) is 3.20. The van der Waals surface area contributed by atoms with Gasteiger partial charge in [-0.05, 0) is 50.2 Å². The maximum Gasteiger partial charge on any atom is 0.344 e. The van der Waals surface area contributed by atoms with Crippen molar-refractivity contribution in [2.24, 2.45) is 0 Å². The monoisotopic (exact) mass is 347 g/mol. The summed E-state index contributed by atoms with van der Waals surface area (Å²) in [5.41, 5.74) is 0. The zero-order valence-electron chi connectivity index (χ0n) is 14.2. The van der Waals surface area contributed by atoms with Crippen molar-refractivity contribution in [3.8, 4) is 11.5 Å². The molecule has 0 aliphatic heterocycles. The number of hydrogen-bond acceptors (Lipinski definition) is 6. The Bertz CT molecular complexity index is 665. The molecule has 0 saturated heterocycles. The molecule has 1 aromatic carbocycles. The first-order valence-electron chi connectivity index (χ1n) is 7.92. The van der Waals surface area contributed by atoms with Crippen molar-refractivity contribution >= 4 is 11.9 Å². The van der Waals surface area contributed by atoms with Gasteiger partial charge in [-0.3, -0.25) is 4.79 Å². The molecule has 1 N–H and O–H groups in total. The van der Waals surface area contributed by atoms with Crippen LogP contribution in [-0.2, 0) is 14.3 Å². The van der Waals surface area contributed by atoms with Gasteiger partial charge in [0.2, 0.25) is 0 Å². The molecule has 0 bridgehead atoms. The molecule has 7 nitrogen and oxygen atoms in total. The minimum Gasteiger partial charge on any atom is -0.494 e. The van der Waals surface area contributed by atoms with E-state index < -0.39 is 11.9 Å². The quantitative estimate of drug-likeness (QED) is 0.701. The van der Waals surface area contributed by atoms with E-state index >= 15 is 0 Å². The van der Waals surface area contributed by atoms with Gasteiger partial charge in [-0.25, -0.2) is 4.79 Å². The number of nitrogens with one attached hydrogen (secondary N) is 1. The van der Waals surface area contributed by atoms with Crippen LogP contribution in [0.15, 0.2) is 47.1 Å². The number of ether oxygens (including phenoxy) is 3. The fourth-order valence-electron chi connectivity index (χ4n) is 2.02. The predicted molar refractivity (Wildman–Crippen MR) is 89.3 cm³/mol. The lowest BCUT2D eigenvalue weighted by atomic mass is 10.2. The van der Waals surface area contributed by atoms with Crippen LogP contribution in [0.3, 0.4) is 0 Å². The normalized spacial score (nSPS) is 11.4. The predicted octanol–water partition coefficient (Wildman–Crippen LogP) is 2.48. The molecule has 134 valence electrons. The van der Waals surface area contributed by atoms with E-state index in [9.17, 15) is 9.59 Å². The highest BCUT2D eigenvalue weighted by Crippen LogP contribution is 2.17. The number of benzene rings is 1. The van der Waals surface area contributed by atoms with Crippen molar-refractivity contribution in [3.05, 3.63) is 48.4 Å². The number of rotatable bonds is 9. The van der Waals surface area contributed by atoms with Crippen molar-refractivity contribution in [2.75, 3.05) is 19.8 Å². The molecule has 0 aliphatic carbocycles. The maximum absolute atomic E-state index is 11.7. The number of amides is 1. The fourth-order valence-corrected chi connectivity index (χ4v) is 2.02. The zero-order valence-corrected chi connectivity index (χ0v) is 14.2. The number of hydrogen-bond donors (Lipinski definition) is 1. The number of esters is 1. The molecular formula is C18H21NO6. The Morgan fingerprint density at radius 2 is 1.76 bits per heavy atom. The molecule has 7 heteroatoms. The molecule has 1 amide bonds. The lowest BCUT2D eigenvalue weighted by molar-refractivity contribution is -0.150. The minimum atomic E-state index is -0.630. The molecule has 0 radical (unpaired) electrons. The molecule has 1 aromatic heterocycles. The van der Waals surface area contributed by atoms with E-state index in [1.54, 1.807) is 43.3 Å².